The van der Waals surface area contributed by atoms with Gasteiger partial charge in [-0.05, 0) is 78.8 Å². The van der Waals surface area contributed by atoms with E-state index in [2.05, 4.69) is 4.74 Å². The highest BCUT2D eigenvalue weighted by molar-refractivity contribution is 7.89. The van der Waals surface area contributed by atoms with Gasteiger partial charge in [0.05, 0.1) is 18.0 Å². The molecule has 0 saturated heterocycles. The predicted molar refractivity (Wildman–Crippen MR) is 181 cm³/mol. The van der Waals surface area contributed by atoms with Crippen molar-refractivity contribution in [2.24, 2.45) is 0 Å². The van der Waals surface area contributed by atoms with E-state index >= 15 is 0 Å². The first-order valence-electron chi connectivity index (χ1n) is 16.2. The number of rotatable bonds is 12. The number of carbonyl (C=O) groups is 1. The molecule has 3 N–H and O–H groups in total. The van der Waals surface area contributed by atoms with Gasteiger partial charge < -0.3 is 25.0 Å². The van der Waals surface area contributed by atoms with E-state index in [0.29, 0.717) is 11.5 Å². The highest BCUT2D eigenvalue weighted by Gasteiger charge is 2.32. The maximum Gasteiger partial charge on any atom is 0.573 e. The average Bonchev–Trinajstić information content (AvgIpc) is 3.07. The van der Waals surface area contributed by atoms with Crippen molar-refractivity contribution in [3.05, 3.63) is 119 Å². The fourth-order valence-electron chi connectivity index (χ4n) is 6.08. The number of carbonyl (C=O) groups excluding carboxylic acids is 1. The van der Waals surface area contributed by atoms with Gasteiger partial charge in [0.2, 0.25) is 15.9 Å². The first kappa shape index (κ1) is 36.8. The SMILES string of the molecule is Cc1ccc(S(=O)(=O)N(CC(=O)N(Cc2ccc(C3CCCCC3)cc2)c2ccc(C(O)O)c(O)c2)Cc2ccc(OC(F)(F)F)cc2)cc1. The molecular formula is C37H39F3N2O7S. The first-order valence-corrected chi connectivity index (χ1v) is 17.6. The van der Waals surface area contributed by atoms with E-state index < -0.39 is 46.6 Å². The Bertz CT molecular complexity index is 1860. The average molecular weight is 713 g/mol. The van der Waals surface area contributed by atoms with E-state index in [9.17, 15) is 41.7 Å². The van der Waals surface area contributed by atoms with Crippen LogP contribution in [0.2, 0.25) is 0 Å². The zero-order valence-corrected chi connectivity index (χ0v) is 28.2. The van der Waals surface area contributed by atoms with Gasteiger partial charge >= 0.3 is 6.36 Å². The molecule has 1 aliphatic carbocycles. The number of anilines is 1. The third-order valence-electron chi connectivity index (χ3n) is 8.79. The van der Waals surface area contributed by atoms with Crippen LogP contribution < -0.4 is 9.64 Å². The Morgan fingerprint density at radius 3 is 2.04 bits per heavy atom. The molecule has 0 aliphatic heterocycles. The molecule has 0 heterocycles. The van der Waals surface area contributed by atoms with Gasteiger partial charge in [-0.3, -0.25) is 4.79 Å². The number of hydrogen-bond acceptors (Lipinski definition) is 7. The van der Waals surface area contributed by atoms with E-state index in [1.165, 1.54) is 72.2 Å². The molecule has 13 heteroatoms. The smallest absolute Gasteiger partial charge is 0.507 e. The molecule has 1 fully saturated rings. The second-order valence-corrected chi connectivity index (χ2v) is 14.4. The minimum Gasteiger partial charge on any atom is -0.507 e. The molecule has 1 saturated carbocycles. The van der Waals surface area contributed by atoms with Crippen molar-refractivity contribution >= 4 is 21.6 Å². The van der Waals surface area contributed by atoms with Crippen LogP contribution in [-0.2, 0) is 27.9 Å². The molecule has 0 spiro atoms. The Morgan fingerprint density at radius 2 is 1.46 bits per heavy atom. The fraction of sp³-hybridized carbons (Fsp3) is 0.324. The largest absolute Gasteiger partial charge is 0.573 e. The van der Waals surface area contributed by atoms with Crippen molar-refractivity contribution in [2.45, 2.75) is 75.6 Å². The summed E-state index contributed by atoms with van der Waals surface area (Å²) in [6, 6.07) is 22.5. The Hall–Kier alpha value is -4.43. The quantitative estimate of drug-likeness (QED) is 0.134. The minimum absolute atomic E-state index is 0.00779. The maximum atomic E-state index is 14.2. The van der Waals surface area contributed by atoms with Gasteiger partial charge in [0, 0.05) is 23.9 Å². The molecule has 0 radical (unpaired) electrons. The van der Waals surface area contributed by atoms with Crippen molar-refractivity contribution in [1.29, 1.82) is 0 Å². The van der Waals surface area contributed by atoms with Gasteiger partial charge in [0.1, 0.15) is 11.5 Å². The number of aliphatic hydroxyl groups excluding tert-OH is 1. The minimum atomic E-state index is -4.91. The molecule has 1 aliphatic rings. The molecule has 0 unspecified atom stereocenters. The number of sulfonamides is 1. The zero-order chi connectivity index (χ0) is 36.1. The molecule has 0 aromatic heterocycles. The lowest BCUT2D eigenvalue weighted by Gasteiger charge is -2.28. The van der Waals surface area contributed by atoms with Gasteiger partial charge in [-0.15, -0.1) is 13.2 Å². The number of alkyl halides is 3. The molecule has 4 aromatic carbocycles. The Labute approximate surface area is 289 Å². The van der Waals surface area contributed by atoms with Crippen LogP contribution in [0.5, 0.6) is 11.5 Å². The number of benzene rings is 4. The molecular weight excluding hydrogens is 673 g/mol. The highest BCUT2D eigenvalue weighted by Crippen LogP contribution is 2.34. The summed E-state index contributed by atoms with van der Waals surface area (Å²) in [5, 5.41) is 29.8. The van der Waals surface area contributed by atoms with Gasteiger partial charge in [0.25, 0.3) is 0 Å². The number of halogens is 3. The summed E-state index contributed by atoms with van der Waals surface area (Å²) in [6.07, 6.45) is -1.10. The first-order chi connectivity index (χ1) is 23.7. The molecule has 266 valence electrons. The van der Waals surface area contributed by atoms with Crippen LogP contribution in [0.1, 0.15) is 72.1 Å². The third-order valence-corrected chi connectivity index (χ3v) is 10.6. The lowest BCUT2D eigenvalue weighted by atomic mass is 9.84. The predicted octanol–water partition coefficient (Wildman–Crippen LogP) is 7.05. The van der Waals surface area contributed by atoms with Crippen LogP contribution >= 0.6 is 0 Å². The van der Waals surface area contributed by atoms with E-state index in [1.54, 1.807) is 19.1 Å². The topological polar surface area (TPSA) is 128 Å². The standard InChI is InChI=1S/C37H39F3N2O7S/c1-25-7-18-32(19-8-25)50(47,48)41(22-26-11-16-31(17-12-26)49-37(38,39)40)24-35(44)42(30-15-20-33(36(45)46)34(43)21-30)23-27-9-13-29(14-10-27)28-5-3-2-4-6-28/h7-21,28,36,43,45-46H,2-6,22-24H2,1H3. The van der Waals surface area contributed by atoms with Crippen LogP contribution in [0.15, 0.2) is 95.9 Å². The van der Waals surface area contributed by atoms with E-state index in [0.717, 1.165) is 40.4 Å². The Balaban J connectivity index is 1.48. The summed E-state index contributed by atoms with van der Waals surface area (Å²) in [4.78, 5) is 15.4. The number of amides is 1. The maximum absolute atomic E-state index is 14.2. The second kappa shape index (κ2) is 15.6. The van der Waals surface area contributed by atoms with E-state index in [-0.39, 0.29) is 29.2 Å². The monoisotopic (exact) mass is 712 g/mol. The molecule has 5 rings (SSSR count). The molecule has 50 heavy (non-hydrogen) atoms. The Morgan fingerprint density at radius 1 is 0.860 bits per heavy atom. The third kappa shape index (κ3) is 9.42. The van der Waals surface area contributed by atoms with Gasteiger partial charge in [0.15, 0.2) is 6.29 Å². The molecule has 1 amide bonds. The summed E-state index contributed by atoms with van der Waals surface area (Å²) in [5.41, 5.74) is 3.04. The van der Waals surface area contributed by atoms with Gasteiger partial charge in [-0.1, -0.05) is 73.4 Å². The Kier molecular flexibility index (Phi) is 11.5. The molecule has 9 nitrogen and oxygen atoms in total. The number of phenolic OH excluding ortho intramolecular Hbond substituents is 1. The summed E-state index contributed by atoms with van der Waals surface area (Å²) >= 11 is 0. The van der Waals surface area contributed by atoms with Crippen LogP contribution in [0.4, 0.5) is 18.9 Å². The van der Waals surface area contributed by atoms with Crippen LogP contribution in [-0.4, -0.2) is 46.9 Å². The number of hydrogen-bond donors (Lipinski definition) is 3. The molecule has 4 aromatic rings. The highest BCUT2D eigenvalue weighted by atomic mass is 32.2. The van der Waals surface area contributed by atoms with E-state index in [1.807, 2.05) is 24.3 Å². The number of nitrogens with zero attached hydrogens (tertiary/aromatic N) is 2. The fourth-order valence-corrected chi connectivity index (χ4v) is 7.45. The van der Waals surface area contributed by atoms with Crippen LogP contribution in [0.25, 0.3) is 0 Å². The van der Waals surface area contributed by atoms with Crippen molar-refractivity contribution < 1.29 is 46.4 Å². The van der Waals surface area contributed by atoms with Crippen molar-refractivity contribution in [3.63, 3.8) is 0 Å². The summed E-state index contributed by atoms with van der Waals surface area (Å²) < 4.78 is 71.1. The lowest BCUT2D eigenvalue weighted by Crippen LogP contribution is -2.42. The summed E-state index contributed by atoms with van der Waals surface area (Å²) in [5.74, 6) is -1.18. The number of aryl methyl sites for hydroxylation is 1. The van der Waals surface area contributed by atoms with Crippen molar-refractivity contribution in [3.8, 4) is 11.5 Å². The number of ether oxygens (including phenoxy) is 1. The zero-order valence-electron chi connectivity index (χ0n) is 27.4. The number of phenols is 1. The summed E-state index contributed by atoms with van der Waals surface area (Å²) in [7, 11) is -4.32. The van der Waals surface area contributed by atoms with Crippen LogP contribution in [0, 0.1) is 6.92 Å². The molecule has 0 bridgehead atoms. The lowest BCUT2D eigenvalue weighted by molar-refractivity contribution is -0.274. The van der Waals surface area contributed by atoms with Crippen LogP contribution in [0.3, 0.4) is 0 Å². The van der Waals surface area contributed by atoms with Gasteiger partial charge in [-0.25, -0.2) is 8.42 Å². The second-order valence-electron chi connectivity index (χ2n) is 12.5. The summed E-state index contributed by atoms with van der Waals surface area (Å²) in [6.45, 7) is 0.742. The number of aliphatic hydroxyl groups is 2. The molecule has 0 atom stereocenters. The normalized spacial score (nSPS) is 14.2. The van der Waals surface area contributed by atoms with E-state index in [4.69, 9.17) is 0 Å². The van der Waals surface area contributed by atoms with Crippen molar-refractivity contribution in [1.82, 2.24) is 4.31 Å². The van der Waals surface area contributed by atoms with Crippen molar-refractivity contribution in [2.75, 3.05) is 11.4 Å². The van der Waals surface area contributed by atoms with Gasteiger partial charge in [-0.2, -0.15) is 4.31 Å². The number of aromatic hydroxyl groups is 1.